The summed E-state index contributed by atoms with van der Waals surface area (Å²) in [6.45, 7) is 1.35. The number of esters is 1. The minimum absolute atomic E-state index is 0.0710. The van der Waals surface area contributed by atoms with Crippen molar-refractivity contribution in [2.45, 2.75) is 13.0 Å². The summed E-state index contributed by atoms with van der Waals surface area (Å²) < 4.78 is 28.5. The topological polar surface area (TPSA) is 117 Å². The number of non-ortho nitro benzene ring substituents is 1. The Bertz CT molecular complexity index is 991. The van der Waals surface area contributed by atoms with Crippen LogP contribution in [0.25, 0.3) is 6.08 Å². The van der Waals surface area contributed by atoms with Crippen molar-refractivity contribution >= 4 is 29.3 Å². The minimum atomic E-state index is -1.17. The first-order chi connectivity index (χ1) is 14.2. The highest BCUT2D eigenvalue weighted by Gasteiger charge is 2.19. The first kappa shape index (κ1) is 22.3. The second-order valence-corrected chi connectivity index (χ2v) is 5.94. The number of carbonyl (C=O) groups excluding carboxylic acids is 2. The Labute approximate surface area is 171 Å². The number of halogens is 1. The van der Waals surface area contributed by atoms with Crippen molar-refractivity contribution in [3.63, 3.8) is 0 Å². The number of hydrogen-bond donors (Lipinski definition) is 1. The Hall–Kier alpha value is -3.95. The summed E-state index contributed by atoms with van der Waals surface area (Å²) in [6.07, 6.45) is 1.21. The third-order valence-corrected chi connectivity index (χ3v) is 3.90. The normalized spacial score (nSPS) is 11.6. The van der Waals surface area contributed by atoms with Crippen LogP contribution in [0.15, 0.2) is 42.5 Å². The number of hydrogen-bond acceptors (Lipinski definition) is 7. The van der Waals surface area contributed by atoms with Gasteiger partial charge in [-0.15, -0.1) is 0 Å². The van der Waals surface area contributed by atoms with Crippen LogP contribution >= 0.6 is 0 Å². The van der Waals surface area contributed by atoms with E-state index in [1.54, 1.807) is 6.07 Å². The second kappa shape index (κ2) is 10.0. The monoisotopic (exact) mass is 418 g/mol. The Kier molecular flexibility index (Phi) is 7.45. The van der Waals surface area contributed by atoms with Gasteiger partial charge in [0.15, 0.2) is 17.7 Å². The fraction of sp³-hybridized carbons (Fsp3) is 0.200. The van der Waals surface area contributed by atoms with E-state index in [2.05, 4.69) is 5.32 Å². The molecule has 9 nitrogen and oxygen atoms in total. The molecule has 0 saturated carbocycles. The summed E-state index contributed by atoms with van der Waals surface area (Å²) >= 11 is 0. The third kappa shape index (κ3) is 5.77. The Morgan fingerprint density at radius 3 is 2.43 bits per heavy atom. The maximum absolute atomic E-state index is 13.7. The van der Waals surface area contributed by atoms with Crippen LogP contribution in [0.4, 0.5) is 15.8 Å². The number of methoxy groups -OCH3 is 2. The number of ether oxygens (including phenoxy) is 3. The van der Waals surface area contributed by atoms with Gasteiger partial charge >= 0.3 is 5.97 Å². The van der Waals surface area contributed by atoms with Crippen LogP contribution in [0.3, 0.4) is 0 Å². The van der Waals surface area contributed by atoms with Gasteiger partial charge in [-0.3, -0.25) is 14.9 Å². The van der Waals surface area contributed by atoms with Gasteiger partial charge in [0.2, 0.25) is 0 Å². The molecule has 2 rings (SSSR count). The average molecular weight is 418 g/mol. The first-order valence-corrected chi connectivity index (χ1v) is 8.60. The molecule has 0 aliphatic rings. The summed E-state index contributed by atoms with van der Waals surface area (Å²) in [6, 6.07) is 7.80. The van der Waals surface area contributed by atoms with Crippen molar-refractivity contribution in [2.75, 3.05) is 19.5 Å². The van der Waals surface area contributed by atoms with E-state index in [-0.39, 0.29) is 22.9 Å². The van der Waals surface area contributed by atoms with Crippen LogP contribution in [0, 0.1) is 15.9 Å². The fourth-order valence-corrected chi connectivity index (χ4v) is 2.35. The maximum Gasteiger partial charge on any atom is 0.331 e. The number of anilines is 1. The molecule has 0 unspecified atom stereocenters. The summed E-state index contributed by atoms with van der Waals surface area (Å²) in [4.78, 5) is 34.4. The molecule has 0 heterocycles. The van der Waals surface area contributed by atoms with Crippen molar-refractivity contribution in [3.8, 4) is 11.5 Å². The second-order valence-electron chi connectivity index (χ2n) is 5.94. The van der Waals surface area contributed by atoms with Crippen molar-refractivity contribution < 1.29 is 33.1 Å². The molecule has 1 N–H and O–H groups in total. The minimum Gasteiger partial charge on any atom is -0.494 e. The molecule has 0 radical (unpaired) electrons. The largest absolute Gasteiger partial charge is 0.494 e. The van der Waals surface area contributed by atoms with E-state index in [9.17, 15) is 24.1 Å². The molecule has 1 amide bonds. The van der Waals surface area contributed by atoms with Crippen molar-refractivity contribution in [1.29, 1.82) is 0 Å². The average Bonchev–Trinajstić information content (AvgIpc) is 2.72. The molecule has 0 aliphatic carbocycles. The number of nitro benzene ring substituents is 1. The van der Waals surface area contributed by atoms with Crippen molar-refractivity contribution in [3.05, 3.63) is 64.0 Å². The molecule has 0 bridgehead atoms. The van der Waals surface area contributed by atoms with Crippen LogP contribution in [-0.2, 0) is 14.3 Å². The Morgan fingerprint density at radius 2 is 1.83 bits per heavy atom. The zero-order chi connectivity index (χ0) is 22.3. The van der Waals surface area contributed by atoms with E-state index < -0.39 is 28.7 Å². The number of rotatable bonds is 8. The van der Waals surface area contributed by atoms with Gasteiger partial charge in [0, 0.05) is 12.1 Å². The van der Waals surface area contributed by atoms with E-state index in [1.807, 2.05) is 0 Å². The quantitative estimate of drug-likeness (QED) is 0.302. The SMILES string of the molecule is COc1ccc(/C=C/C(=O)O[C@H](C)C(=O)Nc2ccc([N+](=O)[O-])cc2OC)cc1F. The van der Waals surface area contributed by atoms with Crippen LogP contribution < -0.4 is 14.8 Å². The van der Waals surface area contributed by atoms with Gasteiger partial charge in [-0.05, 0) is 36.8 Å². The summed E-state index contributed by atoms with van der Waals surface area (Å²) in [7, 11) is 2.63. The Morgan fingerprint density at radius 1 is 1.13 bits per heavy atom. The lowest BCUT2D eigenvalue weighted by Gasteiger charge is -2.14. The smallest absolute Gasteiger partial charge is 0.331 e. The standard InChI is InChI=1S/C20H19FN2O7/c1-12(20(25)22-16-7-6-14(23(26)27)11-18(16)29-3)30-19(24)9-5-13-4-8-17(28-2)15(21)10-13/h4-12H,1-3H3,(H,22,25)/b9-5+/t12-/m1/s1. The highest BCUT2D eigenvalue weighted by atomic mass is 19.1. The van der Waals surface area contributed by atoms with Gasteiger partial charge < -0.3 is 19.5 Å². The predicted molar refractivity (Wildman–Crippen MR) is 106 cm³/mol. The Balaban J connectivity index is 1.99. The molecule has 158 valence electrons. The molecule has 0 aliphatic heterocycles. The van der Waals surface area contributed by atoms with Crippen LogP contribution in [0.2, 0.25) is 0 Å². The van der Waals surface area contributed by atoms with E-state index in [1.165, 1.54) is 51.5 Å². The van der Waals surface area contributed by atoms with Crippen LogP contribution in [0.5, 0.6) is 11.5 Å². The highest BCUT2D eigenvalue weighted by Crippen LogP contribution is 2.29. The summed E-state index contributed by atoms with van der Waals surface area (Å²) in [5.74, 6) is -1.92. The number of nitrogens with zero attached hydrogens (tertiary/aromatic N) is 1. The molecular weight excluding hydrogens is 399 g/mol. The molecule has 2 aromatic rings. The summed E-state index contributed by atoms with van der Waals surface area (Å²) in [5.41, 5.74) is 0.377. The predicted octanol–water partition coefficient (Wildman–Crippen LogP) is 3.33. The fourth-order valence-electron chi connectivity index (χ4n) is 2.35. The van der Waals surface area contributed by atoms with Crippen LogP contribution in [-0.4, -0.2) is 37.1 Å². The molecule has 0 saturated heterocycles. The lowest BCUT2D eigenvalue weighted by Crippen LogP contribution is -2.29. The van der Waals surface area contributed by atoms with E-state index >= 15 is 0 Å². The van der Waals surface area contributed by atoms with Gasteiger partial charge in [0.25, 0.3) is 11.6 Å². The van der Waals surface area contributed by atoms with Gasteiger partial charge in [0.1, 0.15) is 5.75 Å². The van der Waals surface area contributed by atoms with Gasteiger partial charge in [-0.1, -0.05) is 6.07 Å². The molecule has 10 heteroatoms. The highest BCUT2D eigenvalue weighted by molar-refractivity contribution is 5.97. The number of nitrogens with one attached hydrogen (secondary N) is 1. The molecule has 1 atom stereocenters. The van der Waals surface area contributed by atoms with Crippen molar-refractivity contribution in [1.82, 2.24) is 0 Å². The van der Waals surface area contributed by atoms with E-state index in [0.29, 0.717) is 5.56 Å². The van der Waals surface area contributed by atoms with Gasteiger partial charge in [0.05, 0.1) is 30.9 Å². The molecule has 0 aromatic heterocycles. The zero-order valence-corrected chi connectivity index (χ0v) is 16.4. The van der Waals surface area contributed by atoms with Gasteiger partial charge in [-0.25, -0.2) is 9.18 Å². The van der Waals surface area contributed by atoms with E-state index in [4.69, 9.17) is 14.2 Å². The summed E-state index contributed by atoms with van der Waals surface area (Å²) in [5, 5.41) is 13.3. The maximum atomic E-state index is 13.7. The third-order valence-electron chi connectivity index (χ3n) is 3.90. The molecule has 2 aromatic carbocycles. The number of nitro groups is 1. The number of benzene rings is 2. The van der Waals surface area contributed by atoms with Gasteiger partial charge in [-0.2, -0.15) is 0 Å². The van der Waals surface area contributed by atoms with E-state index in [0.717, 1.165) is 12.1 Å². The van der Waals surface area contributed by atoms with Crippen LogP contribution in [0.1, 0.15) is 12.5 Å². The lowest BCUT2D eigenvalue weighted by atomic mass is 10.2. The number of carbonyl (C=O) groups is 2. The zero-order valence-electron chi connectivity index (χ0n) is 16.4. The molecular formula is C20H19FN2O7. The lowest BCUT2D eigenvalue weighted by molar-refractivity contribution is -0.384. The first-order valence-electron chi connectivity index (χ1n) is 8.60. The molecule has 0 fully saturated rings. The molecule has 30 heavy (non-hydrogen) atoms. The number of amides is 1. The molecule has 0 spiro atoms. The van der Waals surface area contributed by atoms with Crippen molar-refractivity contribution in [2.24, 2.45) is 0 Å².